The number of H-pyrrole nitrogens is 1. The normalized spacial score (nSPS) is 12.2. The Morgan fingerprint density at radius 2 is 1.75 bits per heavy atom. The zero-order valence-corrected chi connectivity index (χ0v) is 22.6. The Balaban J connectivity index is 1.74. The van der Waals surface area contributed by atoms with Gasteiger partial charge in [-0.25, -0.2) is 4.79 Å². The molecular weight excluding hydrogens is 516 g/mol. The summed E-state index contributed by atoms with van der Waals surface area (Å²) < 4.78 is 8.24. The molecule has 4 aromatic rings. The summed E-state index contributed by atoms with van der Waals surface area (Å²) in [5.74, 6) is -0.369. The summed E-state index contributed by atoms with van der Waals surface area (Å²) in [7, 11) is 0. The molecule has 1 aliphatic rings. The maximum Gasteiger partial charge on any atom is 0.356 e. The Kier molecular flexibility index (Phi) is 6.47. The highest BCUT2D eigenvalue weighted by atomic mass is 79.9. The van der Waals surface area contributed by atoms with E-state index in [4.69, 9.17) is 4.74 Å². The highest BCUT2D eigenvalue weighted by Gasteiger charge is 2.32. The third-order valence-corrected chi connectivity index (χ3v) is 7.87. The number of aromatic amines is 1. The van der Waals surface area contributed by atoms with Gasteiger partial charge in [-0.05, 0) is 95.9 Å². The number of aromatic nitrogens is 2. The van der Waals surface area contributed by atoms with Crippen molar-refractivity contribution in [3.63, 3.8) is 0 Å². The Morgan fingerprint density at radius 1 is 1.06 bits per heavy atom. The highest BCUT2D eigenvalue weighted by Crippen LogP contribution is 2.41. The predicted octanol–water partition coefficient (Wildman–Crippen LogP) is 6.52. The number of aryl methyl sites for hydroxylation is 4. The monoisotopic (exact) mass is 544 g/mol. The van der Waals surface area contributed by atoms with Crippen LogP contribution in [0.5, 0.6) is 0 Å². The molecule has 0 fully saturated rings. The van der Waals surface area contributed by atoms with Gasteiger partial charge in [-0.1, -0.05) is 48.0 Å². The zero-order chi connectivity index (χ0) is 25.6. The minimum absolute atomic E-state index is 0.142. The number of rotatable bonds is 5. The van der Waals surface area contributed by atoms with Gasteiger partial charge in [-0.2, -0.15) is 0 Å². The van der Waals surface area contributed by atoms with Crippen molar-refractivity contribution in [1.29, 1.82) is 0 Å². The van der Waals surface area contributed by atoms with Gasteiger partial charge >= 0.3 is 5.97 Å². The molecule has 0 atom stereocenters. The SMILES string of the molecule is CCOC(=O)c1c(Br)c2c(n1Cc1c(C)cc(C)cc1C)-c1[nH]c(=O)c(-c3ccccc3)cc1CC2. The van der Waals surface area contributed by atoms with Crippen molar-refractivity contribution in [2.75, 3.05) is 6.61 Å². The van der Waals surface area contributed by atoms with Crippen LogP contribution in [0.25, 0.3) is 22.5 Å². The number of fused-ring (bicyclic) bond motifs is 3. The first-order valence-corrected chi connectivity index (χ1v) is 13.1. The van der Waals surface area contributed by atoms with E-state index in [1.807, 2.05) is 47.9 Å². The molecule has 0 bridgehead atoms. The molecule has 2 aromatic carbocycles. The van der Waals surface area contributed by atoms with E-state index in [0.29, 0.717) is 17.8 Å². The number of hydrogen-bond acceptors (Lipinski definition) is 3. The first kappa shape index (κ1) is 24.3. The van der Waals surface area contributed by atoms with Gasteiger partial charge in [-0.15, -0.1) is 0 Å². The largest absolute Gasteiger partial charge is 0.461 e. The standard InChI is InChI=1S/C30H29BrN2O3/c1-5-36-30(35)28-25(31)22-12-11-21-15-23(20-9-7-6-8-10-20)29(34)32-26(21)27(22)33(28)16-24-18(3)13-17(2)14-19(24)4/h6-10,13-15H,5,11-12,16H2,1-4H3,(H,32,34). The number of halogens is 1. The van der Waals surface area contributed by atoms with E-state index in [1.165, 1.54) is 16.7 Å². The van der Waals surface area contributed by atoms with Gasteiger partial charge in [0.2, 0.25) is 0 Å². The fourth-order valence-corrected chi connectivity index (χ4v) is 6.16. The number of pyridine rings is 1. The van der Waals surface area contributed by atoms with Crippen LogP contribution in [-0.4, -0.2) is 22.1 Å². The maximum absolute atomic E-state index is 13.3. The molecule has 0 saturated carbocycles. The first-order chi connectivity index (χ1) is 17.3. The topological polar surface area (TPSA) is 64.1 Å². The number of nitrogens with zero attached hydrogens (tertiary/aromatic N) is 1. The fourth-order valence-electron chi connectivity index (χ4n) is 5.40. The summed E-state index contributed by atoms with van der Waals surface area (Å²) in [6.45, 7) is 8.90. The number of benzene rings is 2. The van der Waals surface area contributed by atoms with Crippen molar-refractivity contribution < 1.29 is 9.53 Å². The molecule has 0 spiro atoms. The molecule has 1 aliphatic carbocycles. The van der Waals surface area contributed by atoms with Crippen LogP contribution in [0, 0.1) is 20.8 Å². The first-order valence-electron chi connectivity index (χ1n) is 12.3. The summed E-state index contributed by atoms with van der Waals surface area (Å²) in [6.07, 6.45) is 1.53. The van der Waals surface area contributed by atoms with Crippen LogP contribution in [0.2, 0.25) is 0 Å². The Labute approximate surface area is 219 Å². The third-order valence-electron chi connectivity index (χ3n) is 7.01. The van der Waals surface area contributed by atoms with Crippen molar-refractivity contribution in [2.45, 2.75) is 47.1 Å². The van der Waals surface area contributed by atoms with E-state index in [9.17, 15) is 9.59 Å². The molecule has 184 valence electrons. The number of ether oxygens (including phenoxy) is 1. The van der Waals surface area contributed by atoms with Crippen molar-refractivity contribution in [1.82, 2.24) is 9.55 Å². The highest BCUT2D eigenvalue weighted by molar-refractivity contribution is 9.10. The van der Waals surface area contributed by atoms with E-state index in [2.05, 4.69) is 53.8 Å². The summed E-state index contributed by atoms with van der Waals surface area (Å²) in [4.78, 5) is 29.6. The quantitative estimate of drug-likeness (QED) is 0.291. The van der Waals surface area contributed by atoms with Crippen LogP contribution >= 0.6 is 15.9 Å². The van der Waals surface area contributed by atoms with Gasteiger partial charge < -0.3 is 14.3 Å². The lowest BCUT2D eigenvalue weighted by atomic mass is 9.91. The summed E-state index contributed by atoms with van der Waals surface area (Å²) >= 11 is 3.73. The van der Waals surface area contributed by atoms with E-state index >= 15 is 0 Å². The molecule has 36 heavy (non-hydrogen) atoms. The Bertz CT molecular complexity index is 1520. The predicted molar refractivity (Wildman–Crippen MR) is 147 cm³/mol. The second-order valence-electron chi connectivity index (χ2n) is 9.45. The van der Waals surface area contributed by atoms with E-state index in [1.54, 1.807) is 0 Å². The number of nitrogens with one attached hydrogen (secondary N) is 1. The van der Waals surface area contributed by atoms with Gasteiger partial charge in [-0.3, -0.25) is 4.79 Å². The van der Waals surface area contributed by atoms with Crippen molar-refractivity contribution >= 4 is 21.9 Å². The van der Waals surface area contributed by atoms with Crippen molar-refractivity contribution in [3.05, 3.63) is 102 Å². The molecule has 2 aromatic heterocycles. The molecule has 0 amide bonds. The van der Waals surface area contributed by atoms with Gasteiger partial charge in [0.1, 0.15) is 5.69 Å². The van der Waals surface area contributed by atoms with Gasteiger partial charge in [0.25, 0.3) is 5.56 Å². The molecule has 0 aliphatic heterocycles. The molecule has 2 heterocycles. The average Bonchev–Trinajstić information content (AvgIpc) is 3.13. The number of carbonyl (C=O) groups is 1. The second kappa shape index (κ2) is 9.58. The summed E-state index contributed by atoms with van der Waals surface area (Å²) in [5.41, 5.74) is 10.4. The molecule has 1 N–H and O–H groups in total. The smallest absolute Gasteiger partial charge is 0.356 e. The minimum atomic E-state index is -0.369. The molecule has 0 unspecified atom stereocenters. The number of esters is 1. The lowest BCUT2D eigenvalue weighted by molar-refractivity contribution is 0.0513. The van der Waals surface area contributed by atoms with Crippen LogP contribution in [0.1, 0.15) is 50.8 Å². The summed E-state index contributed by atoms with van der Waals surface area (Å²) in [5, 5.41) is 0. The van der Waals surface area contributed by atoms with Crippen molar-refractivity contribution in [3.8, 4) is 22.5 Å². The molecule has 5 rings (SSSR count). The van der Waals surface area contributed by atoms with Crippen LogP contribution in [0.3, 0.4) is 0 Å². The third kappa shape index (κ3) is 4.13. The Hall–Kier alpha value is -3.38. The van der Waals surface area contributed by atoms with Gasteiger partial charge in [0, 0.05) is 12.1 Å². The Morgan fingerprint density at radius 3 is 2.42 bits per heavy atom. The average molecular weight is 545 g/mol. The number of hydrogen-bond donors (Lipinski definition) is 1. The van der Waals surface area contributed by atoms with Gasteiger partial charge in [0.05, 0.1) is 22.5 Å². The van der Waals surface area contributed by atoms with Crippen LogP contribution in [-0.2, 0) is 24.1 Å². The molecule has 0 radical (unpaired) electrons. The zero-order valence-electron chi connectivity index (χ0n) is 21.0. The summed E-state index contributed by atoms with van der Waals surface area (Å²) in [6, 6.07) is 16.1. The van der Waals surface area contributed by atoms with E-state index < -0.39 is 0 Å². The van der Waals surface area contributed by atoms with Crippen LogP contribution in [0.4, 0.5) is 0 Å². The van der Waals surface area contributed by atoms with E-state index in [0.717, 1.165) is 51.0 Å². The van der Waals surface area contributed by atoms with Gasteiger partial charge in [0.15, 0.2) is 0 Å². The fraction of sp³-hybridized carbons (Fsp3) is 0.267. The van der Waals surface area contributed by atoms with Crippen molar-refractivity contribution in [2.24, 2.45) is 0 Å². The molecular formula is C30H29BrN2O3. The van der Waals surface area contributed by atoms with Crippen LogP contribution in [0.15, 0.2) is 57.8 Å². The minimum Gasteiger partial charge on any atom is -0.461 e. The van der Waals surface area contributed by atoms with Crippen LogP contribution < -0.4 is 5.56 Å². The number of carbonyl (C=O) groups excluding carboxylic acids is 1. The molecule has 5 nitrogen and oxygen atoms in total. The lowest BCUT2D eigenvalue weighted by Crippen LogP contribution is -2.19. The van der Waals surface area contributed by atoms with E-state index in [-0.39, 0.29) is 18.1 Å². The maximum atomic E-state index is 13.3. The lowest BCUT2D eigenvalue weighted by Gasteiger charge is -2.22. The molecule has 6 heteroatoms. The molecule has 0 saturated heterocycles. The second-order valence-corrected chi connectivity index (χ2v) is 10.2.